The number of carbonyl (C=O) groups is 2. The number of ether oxygens (including phenoxy) is 1. The molecule has 0 saturated carbocycles. The van der Waals surface area contributed by atoms with Gasteiger partial charge in [0.05, 0.1) is 19.0 Å². The summed E-state index contributed by atoms with van der Waals surface area (Å²) in [5.74, 6) is 0.443. The molecule has 2 aromatic heterocycles. The molecule has 0 N–H and O–H groups in total. The lowest BCUT2D eigenvalue weighted by molar-refractivity contribution is -0.118. The Morgan fingerprint density at radius 1 is 1.18 bits per heavy atom. The molecule has 1 amide bonds. The van der Waals surface area contributed by atoms with Gasteiger partial charge in [-0.05, 0) is 61.4 Å². The van der Waals surface area contributed by atoms with Crippen LogP contribution >= 0.6 is 22.9 Å². The summed E-state index contributed by atoms with van der Waals surface area (Å²) < 4.78 is 7.10. The van der Waals surface area contributed by atoms with E-state index in [9.17, 15) is 9.59 Å². The van der Waals surface area contributed by atoms with Crippen molar-refractivity contribution in [2.75, 3.05) is 18.6 Å². The van der Waals surface area contributed by atoms with E-state index in [2.05, 4.69) is 11.9 Å². The number of thiazole rings is 1. The van der Waals surface area contributed by atoms with Gasteiger partial charge < -0.3 is 4.74 Å². The molecule has 6 nitrogen and oxygen atoms in total. The average molecular weight is 496 g/mol. The van der Waals surface area contributed by atoms with E-state index in [1.807, 2.05) is 30.5 Å². The minimum absolute atomic E-state index is 0.0488. The molecule has 0 spiro atoms. The molecule has 0 aliphatic heterocycles. The summed E-state index contributed by atoms with van der Waals surface area (Å²) in [6.07, 6.45) is 3.72. The number of rotatable bonds is 8. The summed E-state index contributed by atoms with van der Waals surface area (Å²) in [6, 6.07) is 12.4. The van der Waals surface area contributed by atoms with E-state index in [-0.39, 0.29) is 18.2 Å². The number of nitrogens with zero attached hydrogens (tertiary/aromatic N) is 3. The van der Waals surface area contributed by atoms with Gasteiger partial charge in [0.25, 0.3) is 5.91 Å². The highest BCUT2D eigenvalue weighted by Crippen LogP contribution is 2.32. The maximum absolute atomic E-state index is 13.5. The van der Waals surface area contributed by atoms with Crippen LogP contribution in [0, 0.1) is 6.92 Å². The zero-order valence-corrected chi connectivity index (χ0v) is 20.9. The van der Waals surface area contributed by atoms with Gasteiger partial charge in [0.2, 0.25) is 5.91 Å². The fourth-order valence-corrected chi connectivity index (χ4v) is 4.85. The van der Waals surface area contributed by atoms with Gasteiger partial charge in [-0.25, -0.2) is 4.98 Å². The van der Waals surface area contributed by atoms with Crippen LogP contribution in [0.5, 0.6) is 5.75 Å². The van der Waals surface area contributed by atoms with Crippen molar-refractivity contribution in [3.8, 4) is 5.75 Å². The van der Waals surface area contributed by atoms with Crippen molar-refractivity contribution in [2.45, 2.75) is 33.1 Å². The number of fused-ring (bicyclic) bond motifs is 1. The van der Waals surface area contributed by atoms with E-state index >= 15 is 0 Å². The normalized spacial score (nSPS) is 11.1. The second-order valence-corrected chi connectivity index (χ2v) is 9.29. The molecule has 0 atom stereocenters. The van der Waals surface area contributed by atoms with Gasteiger partial charge in [-0.1, -0.05) is 24.9 Å². The molecule has 4 rings (SSSR count). The molecule has 2 aromatic carbocycles. The van der Waals surface area contributed by atoms with Crippen molar-refractivity contribution in [3.63, 3.8) is 0 Å². The molecule has 176 valence electrons. The van der Waals surface area contributed by atoms with E-state index in [0.717, 1.165) is 35.0 Å². The molecule has 0 saturated heterocycles. The van der Waals surface area contributed by atoms with E-state index in [0.29, 0.717) is 28.0 Å². The van der Waals surface area contributed by atoms with Crippen LogP contribution in [0.2, 0.25) is 5.02 Å². The zero-order chi connectivity index (χ0) is 24.2. The zero-order valence-electron chi connectivity index (χ0n) is 19.4. The lowest BCUT2D eigenvalue weighted by Gasteiger charge is -2.20. The monoisotopic (exact) mass is 495 g/mol. The topological polar surface area (TPSA) is 64.4 Å². The minimum atomic E-state index is -0.175. The molecular weight excluding hydrogens is 470 g/mol. The number of halogens is 1. The number of aromatic nitrogens is 2. The number of benzene rings is 2. The molecule has 8 heteroatoms. The van der Waals surface area contributed by atoms with Gasteiger partial charge in [-0.15, -0.1) is 11.3 Å². The Kier molecular flexibility index (Phi) is 7.34. The quantitative estimate of drug-likeness (QED) is 0.295. The largest absolute Gasteiger partial charge is 0.497 e. The molecule has 0 bridgehead atoms. The Morgan fingerprint density at radius 2 is 1.94 bits per heavy atom. The Bertz CT molecular complexity index is 1310. The van der Waals surface area contributed by atoms with Gasteiger partial charge in [0, 0.05) is 39.8 Å². The second kappa shape index (κ2) is 10.4. The Labute approximate surface area is 207 Å². The first kappa shape index (κ1) is 24.0. The fraction of sp³-hybridized carbons (Fsp3) is 0.269. The van der Waals surface area contributed by atoms with Gasteiger partial charge in [-0.2, -0.15) is 0 Å². The number of amides is 1. The van der Waals surface area contributed by atoms with Crippen molar-refractivity contribution >= 4 is 50.8 Å². The van der Waals surface area contributed by atoms with Crippen LogP contribution in [0.1, 0.15) is 41.4 Å². The number of methoxy groups -OCH3 is 1. The van der Waals surface area contributed by atoms with Crippen LogP contribution in [-0.2, 0) is 11.2 Å². The highest BCUT2D eigenvalue weighted by molar-refractivity contribution is 7.13. The summed E-state index contributed by atoms with van der Waals surface area (Å²) in [4.78, 5) is 33.1. The first-order valence-electron chi connectivity index (χ1n) is 11.1. The van der Waals surface area contributed by atoms with Gasteiger partial charge >= 0.3 is 0 Å². The van der Waals surface area contributed by atoms with E-state index in [1.165, 1.54) is 11.3 Å². The second-order valence-electron chi connectivity index (χ2n) is 7.98. The molecule has 0 fully saturated rings. The molecule has 4 aromatic rings. The Hall–Kier alpha value is -3.16. The molecular formula is C26H26ClN3O3S. The third-order valence-corrected chi connectivity index (χ3v) is 6.90. The highest BCUT2D eigenvalue weighted by Gasteiger charge is 2.25. The van der Waals surface area contributed by atoms with Gasteiger partial charge in [-0.3, -0.25) is 19.1 Å². The lowest BCUT2D eigenvalue weighted by Crippen LogP contribution is -2.33. The van der Waals surface area contributed by atoms with Crippen LogP contribution < -0.4 is 9.64 Å². The summed E-state index contributed by atoms with van der Waals surface area (Å²) in [6.45, 7) is 4.58. The maximum atomic E-state index is 13.5. The SMILES string of the molecule is CCCCN(C(=O)Cc1c(C)n(C(=O)c2ccc(Cl)cc2)c2ccc(OC)cc12)c1nccs1. The third-order valence-electron chi connectivity index (χ3n) is 5.85. The minimum Gasteiger partial charge on any atom is -0.497 e. The van der Waals surface area contributed by atoms with E-state index < -0.39 is 0 Å². The van der Waals surface area contributed by atoms with Crippen LogP contribution in [0.15, 0.2) is 54.0 Å². The number of anilines is 1. The van der Waals surface area contributed by atoms with Crippen molar-refractivity contribution in [3.05, 3.63) is 75.9 Å². The molecule has 0 radical (unpaired) electrons. The molecule has 0 unspecified atom stereocenters. The van der Waals surface area contributed by atoms with Crippen LogP contribution in [0.25, 0.3) is 10.9 Å². The van der Waals surface area contributed by atoms with Crippen molar-refractivity contribution in [1.82, 2.24) is 9.55 Å². The molecule has 0 aliphatic rings. The van der Waals surface area contributed by atoms with Crippen molar-refractivity contribution < 1.29 is 14.3 Å². The van der Waals surface area contributed by atoms with Crippen LogP contribution in [0.3, 0.4) is 0 Å². The molecule has 2 heterocycles. The fourth-order valence-electron chi connectivity index (χ4n) is 4.03. The number of carbonyl (C=O) groups excluding carboxylic acids is 2. The summed E-state index contributed by atoms with van der Waals surface area (Å²) in [7, 11) is 1.60. The van der Waals surface area contributed by atoms with Crippen LogP contribution in [-0.4, -0.2) is 35.0 Å². The molecule has 0 aliphatic carbocycles. The predicted molar refractivity (Wildman–Crippen MR) is 137 cm³/mol. The Morgan fingerprint density at radius 3 is 2.59 bits per heavy atom. The summed E-state index contributed by atoms with van der Waals surface area (Å²) in [5, 5.41) is 3.95. The third kappa shape index (κ3) is 4.72. The first-order valence-corrected chi connectivity index (χ1v) is 12.4. The Balaban J connectivity index is 1.78. The average Bonchev–Trinajstić information content (AvgIpc) is 3.46. The predicted octanol–water partition coefficient (Wildman–Crippen LogP) is 6.13. The smallest absolute Gasteiger partial charge is 0.262 e. The first-order chi connectivity index (χ1) is 16.4. The van der Waals surface area contributed by atoms with Gasteiger partial charge in [0.15, 0.2) is 5.13 Å². The highest BCUT2D eigenvalue weighted by atomic mass is 35.5. The lowest BCUT2D eigenvalue weighted by atomic mass is 10.1. The van der Waals surface area contributed by atoms with Gasteiger partial charge in [0.1, 0.15) is 5.75 Å². The van der Waals surface area contributed by atoms with E-state index in [4.69, 9.17) is 16.3 Å². The number of unbranched alkanes of at least 4 members (excludes halogenated alkanes) is 1. The van der Waals surface area contributed by atoms with Crippen molar-refractivity contribution in [2.24, 2.45) is 0 Å². The van der Waals surface area contributed by atoms with Crippen molar-refractivity contribution in [1.29, 1.82) is 0 Å². The standard InChI is InChI=1S/C26H26ClN3O3S/c1-4-5-13-29(26-28-12-14-34-26)24(31)16-21-17(2)30(23-11-10-20(33-3)15-22(21)23)25(32)18-6-8-19(27)9-7-18/h6-12,14-15H,4-5,13,16H2,1-3H3. The van der Waals surface area contributed by atoms with E-state index in [1.54, 1.807) is 47.0 Å². The number of hydrogen-bond donors (Lipinski definition) is 0. The summed E-state index contributed by atoms with van der Waals surface area (Å²) in [5.41, 5.74) is 2.78. The maximum Gasteiger partial charge on any atom is 0.262 e. The van der Waals surface area contributed by atoms with Crippen LogP contribution in [0.4, 0.5) is 5.13 Å². The summed E-state index contributed by atoms with van der Waals surface area (Å²) >= 11 is 7.46. The molecule has 34 heavy (non-hydrogen) atoms. The number of hydrogen-bond acceptors (Lipinski definition) is 5.